The predicted molar refractivity (Wildman–Crippen MR) is 79.1 cm³/mol. The van der Waals surface area contributed by atoms with Crippen LogP contribution in [0, 0.1) is 17.0 Å². The minimum atomic E-state index is -0.581. The number of ketones is 1. The SMILES string of the molecule is Cc1ccc(C(=O)COc2cc(Cl)ccc2[N+](=O)[O-])cc1. The summed E-state index contributed by atoms with van der Waals surface area (Å²) in [4.78, 5) is 22.3. The van der Waals surface area contributed by atoms with Gasteiger partial charge in [-0.1, -0.05) is 41.4 Å². The van der Waals surface area contributed by atoms with E-state index in [-0.39, 0.29) is 23.8 Å². The Labute approximate surface area is 126 Å². The van der Waals surface area contributed by atoms with Crippen LogP contribution < -0.4 is 4.74 Å². The molecule has 0 N–H and O–H groups in total. The molecule has 108 valence electrons. The molecule has 0 heterocycles. The summed E-state index contributed by atoms with van der Waals surface area (Å²) in [7, 11) is 0. The molecule has 0 radical (unpaired) electrons. The highest BCUT2D eigenvalue weighted by Gasteiger charge is 2.17. The molecule has 0 spiro atoms. The number of rotatable bonds is 5. The van der Waals surface area contributed by atoms with Crippen molar-refractivity contribution in [2.24, 2.45) is 0 Å². The lowest BCUT2D eigenvalue weighted by molar-refractivity contribution is -0.385. The molecular formula is C15H12ClNO4. The number of benzene rings is 2. The lowest BCUT2D eigenvalue weighted by Gasteiger charge is -2.07. The van der Waals surface area contributed by atoms with E-state index in [2.05, 4.69) is 0 Å². The summed E-state index contributed by atoms with van der Waals surface area (Å²) >= 11 is 5.78. The summed E-state index contributed by atoms with van der Waals surface area (Å²) in [5.74, 6) is -0.280. The zero-order valence-corrected chi connectivity index (χ0v) is 12.0. The zero-order valence-electron chi connectivity index (χ0n) is 11.2. The third-order valence-corrected chi connectivity index (χ3v) is 3.09. The van der Waals surface area contributed by atoms with Gasteiger partial charge < -0.3 is 4.74 Å². The molecule has 0 atom stereocenters. The number of aryl methyl sites for hydroxylation is 1. The first-order valence-electron chi connectivity index (χ1n) is 6.14. The van der Waals surface area contributed by atoms with E-state index in [0.717, 1.165) is 5.56 Å². The molecule has 0 fully saturated rings. The van der Waals surface area contributed by atoms with E-state index in [9.17, 15) is 14.9 Å². The number of Topliss-reactive ketones (excluding diaryl/α,β-unsaturated/α-hetero) is 1. The second-order valence-electron chi connectivity index (χ2n) is 4.45. The van der Waals surface area contributed by atoms with Gasteiger partial charge in [-0.2, -0.15) is 0 Å². The maximum absolute atomic E-state index is 12.0. The summed E-state index contributed by atoms with van der Waals surface area (Å²) in [6.45, 7) is 1.63. The van der Waals surface area contributed by atoms with Crippen molar-refractivity contribution in [1.29, 1.82) is 0 Å². The minimum absolute atomic E-state index is 0.0204. The topological polar surface area (TPSA) is 69.4 Å². The summed E-state index contributed by atoms with van der Waals surface area (Å²) in [6, 6.07) is 11.0. The molecule has 2 rings (SSSR count). The van der Waals surface area contributed by atoms with Crippen molar-refractivity contribution in [3.8, 4) is 5.75 Å². The Morgan fingerprint density at radius 3 is 2.52 bits per heavy atom. The van der Waals surface area contributed by atoms with Crippen LogP contribution in [0.3, 0.4) is 0 Å². The molecular weight excluding hydrogens is 294 g/mol. The van der Waals surface area contributed by atoms with Gasteiger partial charge in [0.05, 0.1) is 4.92 Å². The van der Waals surface area contributed by atoms with Gasteiger partial charge in [-0.05, 0) is 13.0 Å². The van der Waals surface area contributed by atoms with Crippen molar-refractivity contribution in [1.82, 2.24) is 0 Å². The standard InChI is InChI=1S/C15H12ClNO4/c1-10-2-4-11(5-3-10)14(18)9-21-15-8-12(16)6-7-13(15)17(19)20/h2-8H,9H2,1H3. The smallest absolute Gasteiger partial charge is 0.311 e. The van der Waals surface area contributed by atoms with E-state index in [1.807, 2.05) is 19.1 Å². The first-order valence-corrected chi connectivity index (χ1v) is 6.52. The molecule has 0 aliphatic carbocycles. The van der Waals surface area contributed by atoms with Gasteiger partial charge in [-0.15, -0.1) is 0 Å². The largest absolute Gasteiger partial charge is 0.478 e. The quantitative estimate of drug-likeness (QED) is 0.478. The number of halogens is 1. The number of nitrogens with zero attached hydrogens (tertiary/aromatic N) is 1. The van der Waals surface area contributed by atoms with Crippen LogP contribution in [0.4, 0.5) is 5.69 Å². The zero-order chi connectivity index (χ0) is 15.4. The van der Waals surface area contributed by atoms with Crippen LogP contribution in [-0.2, 0) is 0 Å². The highest BCUT2D eigenvalue weighted by atomic mass is 35.5. The van der Waals surface area contributed by atoms with Crippen LogP contribution in [0.15, 0.2) is 42.5 Å². The lowest BCUT2D eigenvalue weighted by atomic mass is 10.1. The average molecular weight is 306 g/mol. The van der Waals surface area contributed by atoms with Crippen molar-refractivity contribution >= 4 is 23.1 Å². The van der Waals surface area contributed by atoms with Gasteiger partial charge in [-0.25, -0.2) is 0 Å². The monoisotopic (exact) mass is 305 g/mol. The van der Waals surface area contributed by atoms with Gasteiger partial charge in [0.25, 0.3) is 0 Å². The van der Waals surface area contributed by atoms with Crippen LogP contribution in [0.25, 0.3) is 0 Å². The fraction of sp³-hybridized carbons (Fsp3) is 0.133. The minimum Gasteiger partial charge on any atom is -0.478 e. The Morgan fingerprint density at radius 1 is 1.24 bits per heavy atom. The Bertz CT molecular complexity index is 683. The molecule has 0 aromatic heterocycles. The van der Waals surface area contributed by atoms with Gasteiger partial charge >= 0.3 is 5.69 Å². The second-order valence-corrected chi connectivity index (χ2v) is 4.88. The van der Waals surface area contributed by atoms with Crippen molar-refractivity contribution in [3.05, 3.63) is 68.7 Å². The number of nitro benzene ring substituents is 1. The van der Waals surface area contributed by atoms with E-state index in [0.29, 0.717) is 10.6 Å². The summed E-state index contributed by atoms with van der Waals surface area (Å²) in [5, 5.41) is 11.2. The molecule has 0 aliphatic rings. The Kier molecular flexibility index (Phi) is 4.55. The number of carbonyl (C=O) groups is 1. The van der Waals surface area contributed by atoms with Gasteiger partial charge in [0.1, 0.15) is 0 Å². The number of hydrogen-bond acceptors (Lipinski definition) is 4. The molecule has 2 aromatic rings. The Morgan fingerprint density at radius 2 is 1.90 bits per heavy atom. The Balaban J connectivity index is 2.12. The molecule has 21 heavy (non-hydrogen) atoms. The van der Waals surface area contributed by atoms with E-state index < -0.39 is 4.92 Å². The molecule has 0 amide bonds. The highest BCUT2D eigenvalue weighted by Crippen LogP contribution is 2.29. The fourth-order valence-electron chi connectivity index (χ4n) is 1.72. The van der Waals surface area contributed by atoms with Gasteiger partial charge in [0.15, 0.2) is 18.1 Å². The number of nitro groups is 1. The molecule has 0 unspecified atom stereocenters. The van der Waals surface area contributed by atoms with Crippen molar-refractivity contribution in [2.45, 2.75) is 6.92 Å². The molecule has 0 saturated carbocycles. The second kappa shape index (κ2) is 6.37. The van der Waals surface area contributed by atoms with E-state index in [1.165, 1.54) is 18.2 Å². The molecule has 0 saturated heterocycles. The number of hydrogen-bond donors (Lipinski definition) is 0. The molecule has 0 bridgehead atoms. The summed E-state index contributed by atoms with van der Waals surface area (Å²) in [5.41, 5.74) is 1.30. The van der Waals surface area contributed by atoms with Crippen molar-refractivity contribution < 1.29 is 14.5 Å². The van der Waals surface area contributed by atoms with Crippen molar-refractivity contribution in [3.63, 3.8) is 0 Å². The first-order chi connectivity index (χ1) is 9.97. The van der Waals surface area contributed by atoms with Gasteiger partial charge in [-0.3, -0.25) is 14.9 Å². The van der Waals surface area contributed by atoms with Gasteiger partial charge in [0, 0.05) is 22.7 Å². The Hall–Kier alpha value is -2.40. The van der Waals surface area contributed by atoms with Crippen LogP contribution in [0.2, 0.25) is 5.02 Å². The maximum atomic E-state index is 12.0. The molecule has 2 aromatic carbocycles. The summed E-state index contributed by atoms with van der Waals surface area (Å²) < 4.78 is 5.25. The number of ether oxygens (including phenoxy) is 1. The van der Waals surface area contributed by atoms with Crippen molar-refractivity contribution in [2.75, 3.05) is 6.61 Å². The van der Waals surface area contributed by atoms with E-state index in [1.54, 1.807) is 12.1 Å². The first kappa shape index (κ1) is 15.0. The fourth-order valence-corrected chi connectivity index (χ4v) is 1.88. The average Bonchev–Trinajstić information content (AvgIpc) is 2.45. The highest BCUT2D eigenvalue weighted by molar-refractivity contribution is 6.30. The lowest BCUT2D eigenvalue weighted by Crippen LogP contribution is -2.12. The van der Waals surface area contributed by atoms with Crippen LogP contribution in [-0.4, -0.2) is 17.3 Å². The van der Waals surface area contributed by atoms with Crippen LogP contribution in [0.5, 0.6) is 5.75 Å². The third-order valence-electron chi connectivity index (χ3n) is 2.85. The molecule has 0 aliphatic heterocycles. The maximum Gasteiger partial charge on any atom is 0.311 e. The van der Waals surface area contributed by atoms with E-state index >= 15 is 0 Å². The number of carbonyl (C=O) groups excluding carboxylic acids is 1. The molecule has 5 nitrogen and oxygen atoms in total. The molecule has 6 heteroatoms. The normalized spacial score (nSPS) is 10.2. The van der Waals surface area contributed by atoms with Crippen LogP contribution in [0.1, 0.15) is 15.9 Å². The van der Waals surface area contributed by atoms with Gasteiger partial charge in [0.2, 0.25) is 0 Å². The predicted octanol–water partition coefficient (Wildman–Crippen LogP) is 3.82. The van der Waals surface area contributed by atoms with E-state index in [4.69, 9.17) is 16.3 Å². The summed E-state index contributed by atoms with van der Waals surface area (Å²) in [6.07, 6.45) is 0. The third kappa shape index (κ3) is 3.79. The van der Waals surface area contributed by atoms with Crippen LogP contribution >= 0.6 is 11.6 Å².